The van der Waals surface area contributed by atoms with Crippen LogP contribution in [0.25, 0.3) is 0 Å². The Morgan fingerprint density at radius 3 is 2.14 bits per heavy atom. The first kappa shape index (κ1) is 24.4. The smallest absolute Gasteiger partial charge is 0.391 e. The molecule has 1 aromatic rings. The predicted octanol–water partition coefficient (Wildman–Crippen LogP) is 2.37. The van der Waals surface area contributed by atoms with Gasteiger partial charge in [-0.25, -0.2) is 9.36 Å². The maximum absolute atomic E-state index is 12.4. The van der Waals surface area contributed by atoms with Crippen molar-refractivity contribution in [3.8, 4) is 11.5 Å². The topological polar surface area (TPSA) is 160 Å². The Labute approximate surface area is 162 Å². The SMILES string of the molecule is C=C(C)C(=O)OC(Oc1ccccc1OP(=O)(O)C(CC)P(=O)(O)O)C(C)O. The number of carbonyl (C=O) groups is 1. The van der Waals surface area contributed by atoms with Gasteiger partial charge in [0.05, 0.1) is 0 Å². The van der Waals surface area contributed by atoms with Gasteiger partial charge in [-0.05, 0) is 32.4 Å². The average Bonchev–Trinajstić information content (AvgIpc) is 2.54. The molecule has 12 heteroatoms. The zero-order valence-corrected chi connectivity index (χ0v) is 17.4. The quantitative estimate of drug-likeness (QED) is 0.185. The van der Waals surface area contributed by atoms with Crippen molar-refractivity contribution < 1.29 is 47.7 Å². The Kier molecular flexibility index (Phi) is 8.44. The second-order valence-corrected chi connectivity index (χ2v) is 10.1. The van der Waals surface area contributed by atoms with Crippen molar-refractivity contribution in [3.63, 3.8) is 0 Å². The van der Waals surface area contributed by atoms with Crippen LogP contribution in [-0.2, 0) is 18.7 Å². The number of aliphatic hydroxyl groups excluding tert-OH is 1. The molecule has 1 aromatic carbocycles. The summed E-state index contributed by atoms with van der Waals surface area (Å²) in [5.74, 6) is -1.33. The number of aliphatic hydroxyl groups is 1. The molecule has 0 saturated heterocycles. The first-order valence-corrected chi connectivity index (χ1v) is 11.5. The molecule has 0 radical (unpaired) electrons. The Morgan fingerprint density at radius 1 is 1.18 bits per heavy atom. The molecular weight excluding hydrogens is 414 g/mol. The van der Waals surface area contributed by atoms with Gasteiger partial charge < -0.3 is 33.8 Å². The van der Waals surface area contributed by atoms with Gasteiger partial charge in [0.1, 0.15) is 6.10 Å². The molecular formula is C16H24O10P2. The molecule has 0 aromatic heterocycles. The molecule has 0 spiro atoms. The zero-order chi connectivity index (χ0) is 21.7. The van der Waals surface area contributed by atoms with E-state index in [4.69, 9.17) is 14.0 Å². The van der Waals surface area contributed by atoms with Crippen LogP contribution in [0.4, 0.5) is 0 Å². The lowest BCUT2D eigenvalue weighted by Crippen LogP contribution is -2.34. The molecule has 1 rings (SSSR count). The van der Waals surface area contributed by atoms with Crippen LogP contribution in [0, 0.1) is 0 Å². The number of rotatable bonds is 10. The van der Waals surface area contributed by atoms with Crippen molar-refractivity contribution in [3.05, 3.63) is 36.4 Å². The highest BCUT2D eigenvalue weighted by Crippen LogP contribution is 2.64. The highest BCUT2D eigenvalue weighted by molar-refractivity contribution is 7.71. The van der Waals surface area contributed by atoms with Crippen molar-refractivity contribution in [2.75, 3.05) is 0 Å². The Hall–Kier alpha value is -1.67. The molecule has 0 amide bonds. The maximum atomic E-state index is 12.4. The molecule has 0 saturated carbocycles. The number of ether oxygens (including phenoxy) is 2. The van der Waals surface area contributed by atoms with Crippen LogP contribution in [-0.4, -0.2) is 43.6 Å². The largest absolute Gasteiger partial charge is 0.448 e. The molecule has 10 nitrogen and oxygen atoms in total. The summed E-state index contributed by atoms with van der Waals surface area (Å²) in [6.45, 7) is 7.43. The standard InChI is InChI=1S/C16H24O10P2/c1-5-14(27(19,20)21)28(22,23)26-13-9-7-6-8-12(13)24-16(11(4)17)25-15(18)10(2)3/h6-9,11,14,16-17H,2,5H2,1,3-4H3,(H,22,23)(H2,19,20,21). The van der Waals surface area contributed by atoms with E-state index >= 15 is 0 Å². The Bertz CT molecular complexity index is 800. The van der Waals surface area contributed by atoms with Crippen LogP contribution in [0.15, 0.2) is 36.4 Å². The summed E-state index contributed by atoms with van der Waals surface area (Å²) in [5, 5.41) is 7.85. The summed E-state index contributed by atoms with van der Waals surface area (Å²) in [6.07, 6.45) is -3.08. The average molecular weight is 438 g/mol. The van der Waals surface area contributed by atoms with E-state index in [2.05, 4.69) is 6.58 Å². The van der Waals surface area contributed by atoms with Crippen molar-refractivity contribution in [1.29, 1.82) is 0 Å². The minimum atomic E-state index is -4.92. The minimum Gasteiger partial charge on any atom is -0.448 e. The van der Waals surface area contributed by atoms with Gasteiger partial charge >= 0.3 is 21.2 Å². The number of carbonyl (C=O) groups excluding carboxylic acids is 1. The molecule has 4 atom stereocenters. The number of benzene rings is 1. The van der Waals surface area contributed by atoms with Crippen LogP contribution in [0.5, 0.6) is 11.5 Å². The van der Waals surface area contributed by atoms with Gasteiger partial charge in [0.2, 0.25) is 0 Å². The van der Waals surface area contributed by atoms with E-state index in [0.29, 0.717) is 0 Å². The van der Waals surface area contributed by atoms with Crippen LogP contribution >= 0.6 is 15.2 Å². The van der Waals surface area contributed by atoms with E-state index in [9.17, 15) is 33.7 Å². The summed E-state index contributed by atoms with van der Waals surface area (Å²) in [5.41, 5.74) is 0.0612. The van der Waals surface area contributed by atoms with Gasteiger partial charge in [-0.2, -0.15) is 0 Å². The summed E-state index contributed by atoms with van der Waals surface area (Å²) in [7, 11) is -9.73. The van der Waals surface area contributed by atoms with Crippen LogP contribution in [0.3, 0.4) is 0 Å². The number of hydrogen-bond acceptors (Lipinski definition) is 7. The lowest BCUT2D eigenvalue weighted by Gasteiger charge is -2.25. The van der Waals surface area contributed by atoms with E-state index < -0.39 is 39.0 Å². The fourth-order valence-electron chi connectivity index (χ4n) is 2.04. The molecule has 28 heavy (non-hydrogen) atoms. The van der Waals surface area contributed by atoms with Crippen LogP contribution in [0.1, 0.15) is 27.2 Å². The monoisotopic (exact) mass is 438 g/mol. The summed E-state index contributed by atoms with van der Waals surface area (Å²) >= 11 is 0. The summed E-state index contributed by atoms with van der Waals surface area (Å²) in [6, 6.07) is 5.43. The third-order valence-corrected chi connectivity index (χ3v) is 7.91. The second-order valence-electron chi connectivity index (χ2n) is 5.99. The number of hydrogen-bond donors (Lipinski definition) is 4. The van der Waals surface area contributed by atoms with E-state index in [1.807, 2.05) is 0 Å². The van der Waals surface area contributed by atoms with Gasteiger partial charge in [0.25, 0.3) is 6.29 Å². The van der Waals surface area contributed by atoms with Crippen molar-refractivity contribution in [1.82, 2.24) is 0 Å². The molecule has 4 unspecified atom stereocenters. The van der Waals surface area contributed by atoms with E-state index in [0.717, 1.165) is 0 Å². The van der Waals surface area contributed by atoms with Gasteiger partial charge in [-0.3, -0.25) is 4.57 Å². The van der Waals surface area contributed by atoms with Crippen molar-refractivity contribution in [2.45, 2.75) is 45.0 Å². The van der Waals surface area contributed by atoms with Gasteiger partial charge in [0, 0.05) is 5.57 Å². The lowest BCUT2D eigenvalue weighted by atomic mass is 10.3. The Balaban J connectivity index is 3.16. The fourth-order valence-corrected chi connectivity index (χ4v) is 5.19. The highest BCUT2D eigenvalue weighted by Gasteiger charge is 2.45. The summed E-state index contributed by atoms with van der Waals surface area (Å²) in [4.78, 5) is 40.4. The van der Waals surface area contributed by atoms with Crippen molar-refractivity contribution in [2.24, 2.45) is 0 Å². The lowest BCUT2D eigenvalue weighted by molar-refractivity contribution is -0.173. The first-order valence-electron chi connectivity index (χ1n) is 8.17. The van der Waals surface area contributed by atoms with E-state index in [-0.39, 0.29) is 23.5 Å². The summed E-state index contributed by atoms with van der Waals surface area (Å²) < 4.78 is 39.3. The zero-order valence-electron chi connectivity index (χ0n) is 15.6. The van der Waals surface area contributed by atoms with Crippen LogP contribution in [0.2, 0.25) is 0 Å². The third kappa shape index (κ3) is 6.74. The van der Waals surface area contributed by atoms with Gasteiger partial charge in [-0.15, -0.1) is 0 Å². The van der Waals surface area contributed by atoms with Crippen molar-refractivity contribution >= 4 is 21.2 Å². The molecule has 0 heterocycles. The number of para-hydroxylation sites is 2. The highest BCUT2D eigenvalue weighted by atomic mass is 31.2. The normalized spacial score (nSPS) is 17.0. The Morgan fingerprint density at radius 2 is 1.71 bits per heavy atom. The molecule has 158 valence electrons. The molecule has 4 N–H and O–H groups in total. The molecule has 0 aliphatic carbocycles. The minimum absolute atomic E-state index is 0.0612. The molecule has 0 aliphatic rings. The van der Waals surface area contributed by atoms with Crippen LogP contribution < -0.4 is 9.26 Å². The number of esters is 1. The second kappa shape index (κ2) is 9.69. The maximum Gasteiger partial charge on any atom is 0.391 e. The third-order valence-electron chi connectivity index (χ3n) is 3.42. The van der Waals surface area contributed by atoms with Gasteiger partial charge in [-0.1, -0.05) is 25.6 Å². The molecule has 0 aliphatic heterocycles. The predicted molar refractivity (Wildman–Crippen MR) is 100 cm³/mol. The van der Waals surface area contributed by atoms with Gasteiger partial charge in [0.15, 0.2) is 16.9 Å². The first-order chi connectivity index (χ1) is 12.8. The molecule has 0 fully saturated rings. The van der Waals surface area contributed by atoms with E-state index in [1.165, 1.54) is 45.0 Å². The van der Waals surface area contributed by atoms with E-state index in [1.54, 1.807) is 0 Å². The fraction of sp³-hybridized carbons (Fsp3) is 0.438. The molecule has 0 bridgehead atoms.